The van der Waals surface area contributed by atoms with Crippen LogP contribution in [-0.2, 0) is 6.42 Å². The Bertz CT molecular complexity index is 974. The van der Waals surface area contributed by atoms with Gasteiger partial charge in [0.05, 0.1) is 18.8 Å². The number of aromatic carboxylic acids is 1. The number of aromatic nitrogens is 1. The highest BCUT2D eigenvalue weighted by Gasteiger charge is 2.12. The van der Waals surface area contributed by atoms with E-state index >= 15 is 0 Å². The third-order valence-corrected chi connectivity index (χ3v) is 4.98. The van der Waals surface area contributed by atoms with E-state index in [0.717, 1.165) is 28.7 Å². The highest BCUT2D eigenvalue weighted by Crippen LogP contribution is 2.31. The van der Waals surface area contributed by atoms with Gasteiger partial charge < -0.3 is 20.3 Å². The predicted octanol–water partition coefficient (Wildman–Crippen LogP) is 3.71. The summed E-state index contributed by atoms with van der Waals surface area (Å²) in [5.74, 6) is -0.451. The Morgan fingerprint density at radius 2 is 1.93 bits per heavy atom. The Morgan fingerprint density at radius 3 is 2.57 bits per heavy atom. The number of nitrogens with one attached hydrogen (secondary N) is 1. The van der Waals surface area contributed by atoms with E-state index in [4.69, 9.17) is 9.84 Å². The van der Waals surface area contributed by atoms with Crippen LogP contribution in [0.4, 0.5) is 0 Å². The molecule has 156 valence electrons. The second-order valence-corrected chi connectivity index (χ2v) is 7.23. The minimum absolute atomic E-state index is 0.187. The first-order valence-corrected chi connectivity index (χ1v) is 9.80. The Kier molecular flexibility index (Phi) is 7.17. The first-order chi connectivity index (χ1) is 14.5. The van der Waals surface area contributed by atoms with Gasteiger partial charge in [-0.15, -0.1) is 0 Å². The van der Waals surface area contributed by atoms with Crippen molar-refractivity contribution in [1.29, 1.82) is 0 Å². The molecule has 3 N–H and O–H groups in total. The lowest BCUT2D eigenvalue weighted by molar-refractivity contribution is 0.0696. The van der Waals surface area contributed by atoms with E-state index in [9.17, 15) is 9.90 Å². The van der Waals surface area contributed by atoms with Crippen LogP contribution in [0.1, 0.15) is 34.5 Å². The predicted molar refractivity (Wildman–Crippen MR) is 116 cm³/mol. The molecule has 2 atom stereocenters. The van der Waals surface area contributed by atoms with Crippen molar-refractivity contribution in [2.75, 3.05) is 13.7 Å². The Hall–Kier alpha value is -3.22. The number of aliphatic hydroxyl groups is 1. The molecular formula is C24H26N2O4. The average Bonchev–Trinajstić information content (AvgIpc) is 2.78. The molecular weight excluding hydrogens is 380 g/mol. The van der Waals surface area contributed by atoms with E-state index < -0.39 is 12.1 Å². The zero-order valence-corrected chi connectivity index (χ0v) is 17.1. The van der Waals surface area contributed by atoms with Crippen molar-refractivity contribution in [2.45, 2.75) is 25.5 Å². The number of carboxylic acids is 1. The molecule has 0 saturated heterocycles. The summed E-state index contributed by atoms with van der Waals surface area (Å²) >= 11 is 0. The van der Waals surface area contributed by atoms with Gasteiger partial charge in [0, 0.05) is 36.1 Å². The quantitative estimate of drug-likeness (QED) is 0.502. The number of nitrogens with zero attached hydrogens (tertiary/aromatic N) is 1. The SMILES string of the molecule is COc1cc(C(=O)O)ccc1-c1ccc(C[C@@H](C)NC[C@H](O)c2cccnc2)cc1. The standard InChI is InChI=1S/C24H26N2O4/c1-16(26-15-22(27)20-4-3-11-25-14-20)12-17-5-7-18(8-6-17)21-10-9-19(24(28)29)13-23(21)30-2/h3-11,13-14,16,22,26-27H,12,15H2,1-2H3,(H,28,29)/t16-,22+/m1/s1. The second-order valence-electron chi connectivity index (χ2n) is 7.23. The molecule has 0 aliphatic heterocycles. The van der Waals surface area contributed by atoms with E-state index in [2.05, 4.69) is 29.4 Å². The molecule has 0 spiro atoms. The summed E-state index contributed by atoms with van der Waals surface area (Å²) in [6.45, 7) is 2.54. The molecule has 0 amide bonds. The van der Waals surface area contributed by atoms with Crippen molar-refractivity contribution in [2.24, 2.45) is 0 Å². The van der Waals surface area contributed by atoms with Crippen molar-refractivity contribution in [3.63, 3.8) is 0 Å². The van der Waals surface area contributed by atoms with Crippen LogP contribution < -0.4 is 10.1 Å². The summed E-state index contributed by atoms with van der Waals surface area (Å²) in [6, 6.07) is 16.8. The van der Waals surface area contributed by atoms with Gasteiger partial charge in [-0.1, -0.05) is 30.3 Å². The van der Waals surface area contributed by atoms with Crippen LogP contribution in [0.2, 0.25) is 0 Å². The van der Waals surface area contributed by atoms with Crippen molar-refractivity contribution < 1.29 is 19.7 Å². The fourth-order valence-corrected chi connectivity index (χ4v) is 3.31. The van der Waals surface area contributed by atoms with Crippen LogP contribution in [0, 0.1) is 0 Å². The van der Waals surface area contributed by atoms with Crippen molar-refractivity contribution in [3.8, 4) is 16.9 Å². The van der Waals surface area contributed by atoms with E-state index in [0.29, 0.717) is 12.3 Å². The lowest BCUT2D eigenvalue weighted by atomic mass is 9.99. The van der Waals surface area contributed by atoms with Crippen LogP contribution in [0.3, 0.4) is 0 Å². The number of benzene rings is 2. The number of ether oxygens (including phenoxy) is 1. The molecule has 0 saturated carbocycles. The minimum atomic E-state index is -0.981. The van der Waals surface area contributed by atoms with Gasteiger partial charge in [-0.05, 0) is 48.7 Å². The molecule has 0 aliphatic carbocycles. The third kappa shape index (κ3) is 5.43. The number of carboxylic acid groups (broad SMARTS) is 1. The summed E-state index contributed by atoms with van der Waals surface area (Å²) in [4.78, 5) is 15.2. The lowest BCUT2D eigenvalue weighted by Crippen LogP contribution is -2.32. The number of hydrogen-bond donors (Lipinski definition) is 3. The number of pyridine rings is 1. The highest BCUT2D eigenvalue weighted by molar-refractivity contribution is 5.89. The Morgan fingerprint density at radius 1 is 1.17 bits per heavy atom. The van der Waals surface area contributed by atoms with Crippen LogP contribution in [0.5, 0.6) is 5.75 Å². The van der Waals surface area contributed by atoms with Gasteiger partial charge in [0.15, 0.2) is 0 Å². The van der Waals surface area contributed by atoms with Gasteiger partial charge in [-0.2, -0.15) is 0 Å². The number of hydrogen-bond acceptors (Lipinski definition) is 5. The smallest absolute Gasteiger partial charge is 0.335 e. The van der Waals surface area contributed by atoms with Gasteiger partial charge in [0.2, 0.25) is 0 Å². The van der Waals surface area contributed by atoms with Crippen LogP contribution in [0.25, 0.3) is 11.1 Å². The molecule has 6 nitrogen and oxygen atoms in total. The largest absolute Gasteiger partial charge is 0.496 e. The zero-order chi connectivity index (χ0) is 21.5. The number of rotatable bonds is 9. The Labute approximate surface area is 176 Å². The first-order valence-electron chi connectivity index (χ1n) is 9.80. The van der Waals surface area contributed by atoms with Gasteiger partial charge in [-0.25, -0.2) is 4.79 Å². The van der Waals surface area contributed by atoms with Crippen LogP contribution in [0.15, 0.2) is 67.0 Å². The molecule has 6 heteroatoms. The fraction of sp³-hybridized carbons (Fsp3) is 0.250. The summed E-state index contributed by atoms with van der Waals surface area (Å²) in [7, 11) is 1.53. The van der Waals surface area contributed by atoms with E-state index in [1.807, 2.05) is 24.3 Å². The topological polar surface area (TPSA) is 91.7 Å². The monoisotopic (exact) mass is 406 g/mol. The fourth-order valence-electron chi connectivity index (χ4n) is 3.31. The molecule has 0 aliphatic rings. The molecule has 1 aromatic heterocycles. The molecule has 3 aromatic rings. The van der Waals surface area contributed by atoms with E-state index in [-0.39, 0.29) is 11.6 Å². The van der Waals surface area contributed by atoms with Crippen LogP contribution >= 0.6 is 0 Å². The average molecular weight is 406 g/mol. The number of carbonyl (C=O) groups is 1. The summed E-state index contributed by atoms with van der Waals surface area (Å²) < 4.78 is 5.37. The lowest BCUT2D eigenvalue weighted by Gasteiger charge is -2.17. The maximum absolute atomic E-state index is 11.2. The zero-order valence-electron chi connectivity index (χ0n) is 17.1. The van der Waals surface area contributed by atoms with E-state index in [1.165, 1.54) is 13.2 Å². The maximum Gasteiger partial charge on any atom is 0.335 e. The number of aliphatic hydroxyl groups excluding tert-OH is 1. The first kappa shape index (κ1) is 21.5. The molecule has 0 radical (unpaired) electrons. The van der Waals surface area contributed by atoms with Crippen molar-refractivity contribution in [3.05, 3.63) is 83.7 Å². The summed E-state index contributed by atoms with van der Waals surface area (Å²) in [5, 5.41) is 22.8. The van der Waals surface area contributed by atoms with Crippen molar-refractivity contribution in [1.82, 2.24) is 10.3 Å². The molecule has 0 unspecified atom stereocenters. The summed E-state index contributed by atoms with van der Waals surface area (Å²) in [5.41, 5.74) is 3.96. The molecule has 1 heterocycles. The van der Waals surface area contributed by atoms with Crippen LogP contribution in [-0.4, -0.2) is 40.9 Å². The summed E-state index contributed by atoms with van der Waals surface area (Å²) in [6.07, 6.45) is 3.58. The minimum Gasteiger partial charge on any atom is -0.496 e. The highest BCUT2D eigenvalue weighted by atomic mass is 16.5. The second kappa shape index (κ2) is 10.0. The molecule has 0 bridgehead atoms. The van der Waals surface area contributed by atoms with Gasteiger partial charge >= 0.3 is 5.97 Å². The van der Waals surface area contributed by atoms with E-state index in [1.54, 1.807) is 24.5 Å². The molecule has 3 rings (SSSR count). The molecule has 0 fully saturated rings. The maximum atomic E-state index is 11.2. The van der Waals surface area contributed by atoms with Gasteiger partial charge in [-0.3, -0.25) is 4.98 Å². The molecule has 30 heavy (non-hydrogen) atoms. The third-order valence-electron chi connectivity index (χ3n) is 4.98. The number of methoxy groups -OCH3 is 1. The van der Waals surface area contributed by atoms with Crippen molar-refractivity contribution >= 4 is 5.97 Å². The molecule has 2 aromatic carbocycles. The normalized spacial score (nSPS) is 12.9. The van der Waals surface area contributed by atoms with Gasteiger partial charge in [0.1, 0.15) is 5.75 Å². The Balaban J connectivity index is 1.61. The van der Waals surface area contributed by atoms with Gasteiger partial charge in [0.25, 0.3) is 0 Å².